The van der Waals surface area contributed by atoms with Gasteiger partial charge in [-0.25, -0.2) is 9.59 Å². The van der Waals surface area contributed by atoms with Crippen LogP contribution in [0.5, 0.6) is 0 Å². The van der Waals surface area contributed by atoms with E-state index in [1.165, 1.54) is 18.9 Å². The van der Waals surface area contributed by atoms with Gasteiger partial charge in [0, 0.05) is 14.0 Å². The van der Waals surface area contributed by atoms with Crippen LogP contribution in [0.4, 0.5) is 4.79 Å². The maximum Gasteiger partial charge on any atom is 0.417 e. The highest BCUT2D eigenvalue weighted by atomic mass is 16.7. The first-order chi connectivity index (χ1) is 14.3. The van der Waals surface area contributed by atoms with Gasteiger partial charge in [-0.05, 0) is 24.3 Å². The van der Waals surface area contributed by atoms with E-state index >= 15 is 0 Å². The van der Waals surface area contributed by atoms with Crippen molar-refractivity contribution in [3.63, 3.8) is 0 Å². The number of carboxylic acids is 1. The SMILES string of the molecule is CC(OC(=O)Cc1ccccc1)OC(=O)NC(=N)N(C)C(C(=O)O)C1CCCCC1. The fraction of sp³-hybridized carbons (Fsp3) is 0.524. The molecule has 1 saturated carbocycles. The minimum Gasteiger partial charge on any atom is -0.480 e. The highest BCUT2D eigenvalue weighted by molar-refractivity contribution is 5.94. The van der Waals surface area contributed by atoms with Gasteiger partial charge in [-0.1, -0.05) is 49.6 Å². The highest BCUT2D eigenvalue weighted by Crippen LogP contribution is 2.28. The van der Waals surface area contributed by atoms with E-state index in [9.17, 15) is 19.5 Å². The molecular weight excluding hydrogens is 390 g/mol. The standard InChI is InChI=1S/C21H29N3O6/c1-14(29-17(25)13-15-9-5-3-6-10-15)30-21(28)23-20(22)24(2)18(19(26)27)16-11-7-4-8-12-16/h3,5-6,9-10,14,16,18H,4,7-8,11-13H2,1-2H3,(H,26,27)(H2,22,23,28). The first-order valence-corrected chi connectivity index (χ1v) is 10.0. The second-order valence-corrected chi connectivity index (χ2v) is 7.39. The Balaban J connectivity index is 1.82. The number of amides is 1. The molecule has 30 heavy (non-hydrogen) atoms. The quantitative estimate of drug-likeness (QED) is 0.268. The number of hydrogen-bond acceptors (Lipinski definition) is 6. The van der Waals surface area contributed by atoms with E-state index in [1.54, 1.807) is 24.3 Å². The summed E-state index contributed by atoms with van der Waals surface area (Å²) in [4.78, 5) is 36.9. The van der Waals surface area contributed by atoms with Crippen LogP contribution < -0.4 is 5.32 Å². The van der Waals surface area contributed by atoms with E-state index in [0.717, 1.165) is 37.7 Å². The number of carbonyl (C=O) groups excluding carboxylic acids is 2. The fourth-order valence-electron chi connectivity index (χ4n) is 3.65. The molecule has 0 saturated heterocycles. The number of ether oxygens (including phenoxy) is 2. The molecule has 0 aromatic heterocycles. The number of benzene rings is 1. The summed E-state index contributed by atoms with van der Waals surface area (Å²) in [6.07, 6.45) is 2.41. The molecule has 2 unspecified atom stereocenters. The van der Waals surface area contributed by atoms with E-state index < -0.39 is 30.4 Å². The smallest absolute Gasteiger partial charge is 0.417 e. The monoisotopic (exact) mass is 419 g/mol. The van der Waals surface area contributed by atoms with Crippen LogP contribution in [0.2, 0.25) is 0 Å². The number of likely N-dealkylation sites (N-methyl/N-ethyl adjacent to an activating group) is 1. The Morgan fingerprint density at radius 1 is 1.17 bits per heavy atom. The highest BCUT2D eigenvalue weighted by Gasteiger charge is 2.34. The van der Waals surface area contributed by atoms with Crippen LogP contribution in [0.1, 0.15) is 44.6 Å². The van der Waals surface area contributed by atoms with Gasteiger partial charge < -0.3 is 19.5 Å². The molecule has 0 bridgehead atoms. The van der Waals surface area contributed by atoms with Gasteiger partial charge in [-0.3, -0.25) is 15.5 Å². The molecule has 1 aromatic rings. The summed E-state index contributed by atoms with van der Waals surface area (Å²) >= 11 is 0. The zero-order valence-electron chi connectivity index (χ0n) is 17.3. The Labute approximate surface area is 175 Å². The first-order valence-electron chi connectivity index (χ1n) is 10.0. The molecule has 1 aliphatic carbocycles. The molecule has 1 fully saturated rings. The van der Waals surface area contributed by atoms with Crippen molar-refractivity contribution in [2.24, 2.45) is 5.92 Å². The van der Waals surface area contributed by atoms with E-state index in [0.29, 0.717) is 0 Å². The molecule has 0 spiro atoms. The van der Waals surface area contributed by atoms with Crippen LogP contribution in [0.3, 0.4) is 0 Å². The number of rotatable bonds is 7. The lowest BCUT2D eigenvalue weighted by Gasteiger charge is -2.34. The Morgan fingerprint density at radius 2 is 1.80 bits per heavy atom. The fourth-order valence-corrected chi connectivity index (χ4v) is 3.65. The molecule has 164 valence electrons. The summed E-state index contributed by atoms with van der Waals surface area (Å²) in [5.74, 6) is -2.07. The molecule has 3 N–H and O–H groups in total. The van der Waals surface area contributed by atoms with Crippen LogP contribution in [-0.2, 0) is 25.5 Å². The third-order valence-electron chi connectivity index (χ3n) is 5.10. The number of hydrogen-bond donors (Lipinski definition) is 3. The molecule has 2 rings (SSSR count). The van der Waals surface area contributed by atoms with E-state index in [-0.39, 0.29) is 18.3 Å². The van der Waals surface area contributed by atoms with Gasteiger partial charge in [-0.15, -0.1) is 0 Å². The summed E-state index contributed by atoms with van der Waals surface area (Å²) in [7, 11) is 1.46. The summed E-state index contributed by atoms with van der Waals surface area (Å²) < 4.78 is 10.0. The first kappa shape index (κ1) is 23.2. The van der Waals surface area contributed by atoms with Crippen LogP contribution in [0.15, 0.2) is 30.3 Å². The predicted molar refractivity (Wildman–Crippen MR) is 109 cm³/mol. The molecule has 1 amide bonds. The second-order valence-electron chi connectivity index (χ2n) is 7.39. The molecular formula is C21H29N3O6. The van der Waals surface area contributed by atoms with Crippen molar-refractivity contribution in [2.75, 3.05) is 7.05 Å². The summed E-state index contributed by atoms with van der Waals surface area (Å²) in [5, 5.41) is 19.9. The number of nitrogens with zero attached hydrogens (tertiary/aromatic N) is 1. The average Bonchev–Trinajstić information content (AvgIpc) is 2.68. The third kappa shape index (κ3) is 7.06. The van der Waals surface area contributed by atoms with Gasteiger partial charge in [0.15, 0.2) is 0 Å². The van der Waals surface area contributed by atoms with Crippen molar-refractivity contribution >= 4 is 24.0 Å². The number of esters is 1. The maximum absolute atomic E-state index is 12.0. The minimum atomic E-state index is -1.16. The van der Waals surface area contributed by atoms with E-state index in [1.807, 2.05) is 6.07 Å². The average molecular weight is 419 g/mol. The van der Waals surface area contributed by atoms with Crippen molar-refractivity contribution in [3.8, 4) is 0 Å². The second kappa shape index (κ2) is 11.2. The van der Waals surface area contributed by atoms with Gasteiger partial charge in [0.1, 0.15) is 6.04 Å². The number of carbonyl (C=O) groups is 3. The Bertz CT molecular complexity index is 748. The van der Waals surface area contributed by atoms with E-state index in [4.69, 9.17) is 14.9 Å². The van der Waals surface area contributed by atoms with Gasteiger partial charge in [0.25, 0.3) is 0 Å². The zero-order chi connectivity index (χ0) is 22.1. The number of nitrogens with one attached hydrogen (secondary N) is 2. The number of alkyl carbamates (subject to hydrolysis) is 1. The lowest BCUT2D eigenvalue weighted by atomic mass is 9.83. The molecule has 9 nitrogen and oxygen atoms in total. The summed E-state index contributed by atoms with van der Waals surface area (Å²) in [5.41, 5.74) is 0.768. The van der Waals surface area contributed by atoms with Crippen molar-refractivity contribution < 1.29 is 29.0 Å². The Hall–Kier alpha value is -3.10. The molecule has 0 radical (unpaired) electrons. The summed E-state index contributed by atoms with van der Waals surface area (Å²) in [6, 6.07) is 8.09. The minimum absolute atomic E-state index is 0.0381. The molecule has 1 aromatic carbocycles. The van der Waals surface area contributed by atoms with Crippen molar-refractivity contribution in [1.82, 2.24) is 10.2 Å². The Kier molecular flexibility index (Phi) is 8.64. The summed E-state index contributed by atoms with van der Waals surface area (Å²) in [6.45, 7) is 1.39. The van der Waals surface area contributed by atoms with Crippen molar-refractivity contribution in [3.05, 3.63) is 35.9 Å². The number of carboxylic acid groups (broad SMARTS) is 1. The van der Waals surface area contributed by atoms with Gasteiger partial charge in [0.05, 0.1) is 6.42 Å². The zero-order valence-corrected chi connectivity index (χ0v) is 17.3. The topological polar surface area (TPSA) is 129 Å². The number of aliphatic carboxylic acids is 1. The normalized spacial score (nSPS) is 16.1. The lowest BCUT2D eigenvalue weighted by Crippen LogP contribution is -2.53. The molecule has 0 heterocycles. The molecule has 2 atom stereocenters. The third-order valence-corrected chi connectivity index (χ3v) is 5.10. The maximum atomic E-state index is 12.0. The van der Waals surface area contributed by atoms with Crippen LogP contribution in [-0.4, -0.2) is 53.4 Å². The van der Waals surface area contributed by atoms with Crippen molar-refractivity contribution in [2.45, 2.75) is 57.8 Å². The largest absolute Gasteiger partial charge is 0.480 e. The molecule has 0 aliphatic heterocycles. The van der Waals surface area contributed by atoms with E-state index in [2.05, 4.69) is 5.32 Å². The van der Waals surface area contributed by atoms with Crippen LogP contribution >= 0.6 is 0 Å². The number of guanidine groups is 1. The van der Waals surface area contributed by atoms with Crippen LogP contribution in [0, 0.1) is 11.3 Å². The van der Waals surface area contributed by atoms with Gasteiger partial charge >= 0.3 is 18.0 Å². The molecule has 9 heteroatoms. The van der Waals surface area contributed by atoms with Gasteiger partial charge in [0.2, 0.25) is 12.2 Å². The predicted octanol–water partition coefficient (Wildman–Crippen LogP) is 2.74. The van der Waals surface area contributed by atoms with Gasteiger partial charge in [-0.2, -0.15) is 0 Å². The van der Waals surface area contributed by atoms with Crippen LogP contribution in [0.25, 0.3) is 0 Å². The Morgan fingerprint density at radius 3 is 2.40 bits per heavy atom. The lowest BCUT2D eigenvalue weighted by molar-refractivity contribution is -0.163. The van der Waals surface area contributed by atoms with Crippen molar-refractivity contribution in [1.29, 1.82) is 5.41 Å². The molecule has 1 aliphatic rings.